The van der Waals surface area contributed by atoms with Crippen molar-refractivity contribution in [3.63, 3.8) is 0 Å². The van der Waals surface area contributed by atoms with Gasteiger partial charge in [-0.05, 0) is 53.2 Å². The van der Waals surface area contributed by atoms with Crippen LogP contribution in [0.3, 0.4) is 0 Å². The molecule has 0 heterocycles. The van der Waals surface area contributed by atoms with E-state index >= 15 is 0 Å². The minimum absolute atomic E-state index is 0.162. The molecule has 0 radical (unpaired) electrons. The van der Waals surface area contributed by atoms with Crippen molar-refractivity contribution in [3.8, 4) is 0 Å². The van der Waals surface area contributed by atoms with Crippen LogP contribution in [0.5, 0.6) is 0 Å². The molecule has 0 fully saturated rings. The maximum absolute atomic E-state index is 12.3. The summed E-state index contributed by atoms with van der Waals surface area (Å²) in [5, 5.41) is 6.65. The van der Waals surface area contributed by atoms with E-state index in [0.717, 1.165) is 16.7 Å². The topological polar surface area (TPSA) is 41.1 Å². The van der Waals surface area contributed by atoms with E-state index in [4.69, 9.17) is 11.6 Å². The van der Waals surface area contributed by atoms with Gasteiger partial charge in [0.2, 0.25) is 0 Å². The van der Waals surface area contributed by atoms with E-state index in [1.165, 1.54) is 0 Å². The summed E-state index contributed by atoms with van der Waals surface area (Å²) in [5.41, 5.74) is 2.11. The standard InChI is InChI=1S/C15H14BrClN2O/c1-2-18-13-6-4-3-5-11(13)15(20)19-14-8-7-10(17)9-12(14)16/h3-9,18H,2H2,1H3,(H,19,20). The van der Waals surface area contributed by atoms with E-state index in [-0.39, 0.29) is 5.91 Å². The predicted octanol–water partition coefficient (Wildman–Crippen LogP) is 4.79. The molecule has 0 atom stereocenters. The quantitative estimate of drug-likeness (QED) is 0.830. The Morgan fingerprint density at radius 2 is 1.95 bits per heavy atom. The smallest absolute Gasteiger partial charge is 0.257 e. The molecule has 0 spiro atoms. The van der Waals surface area contributed by atoms with Gasteiger partial charge in [0.1, 0.15) is 0 Å². The van der Waals surface area contributed by atoms with E-state index in [1.807, 2.05) is 25.1 Å². The molecular formula is C15H14BrClN2O. The molecule has 2 rings (SSSR count). The summed E-state index contributed by atoms with van der Waals surface area (Å²) in [5.74, 6) is -0.162. The van der Waals surface area contributed by atoms with Crippen LogP contribution in [-0.4, -0.2) is 12.5 Å². The van der Waals surface area contributed by atoms with E-state index in [0.29, 0.717) is 16.3 Å². The fourth-order valence-electron chi connectivity index (χ4n) is 1.81. The first-order valence-corrected chi connectivity index (χ1v) is 7.38. The van der Waals surface area contributed by atoms with Gasteiger partial charge in [0.25, 0.3) is 5.91 Å². The van der Waals surface area contributed by atoms with Gasteiger partial charge < -0.3 is 10.6 Å². The van der Waals surface area contributed by atoms with Gasteiger partial charge in [0.15, 0.2) is 0 Å². The van der Waals surface area contributed by atoms with Crippen LogP contribution in [0.25, 0.3) is 0 Å². The molecule has 2 aromatic carbocycles. The molecule has 20 heavy (non-hydrogen) atoms. The minimum Gasteiger partial charge on any atom is -0.385 e. The highest BCUT2D eigenvalue weighted by molar-refractivity contribution is 9.10. The summed E-state index contributed by atoms with van der Waals surface area (Å²) >= 11 is 9.27. The molecule has 0 aromatic heterocycles. The lowest BCUT2D eigenvalue weighted by Crippen LogP contribution is -2.15. The maximum atomic E-state index is 12.3. The predicted molar refractivity (Wildman–Crippen MR) is 87.7 cm³/mol. The van der Waals surface area contributed by atoms with Gasteiger partial charge in [-0.3, -0.25) is 4.79 Å². The molecule has 0 aliphatic carbocycles. The highest BCUT2D eigenvalue weighted by Crippen LogP contribution is 2.27. The number of hydrogen-bond donors (Lipinski definition) is 2. The zero-order chi connectivity index (χ0) is 14.5. The van der Waals surface area contributed by atoms with Crippen LogP contribution >= 0.6 is 27.5 Å². The number of amides is 1. The summed E-state index contributed by atoms with van der Waals surface area (Å²) in [4.78, 5) is 12.3. The zero-order valence-corrected chi connectivity index (χ0v) is 13.3. The summed E-state index contributed by atoms with van der Waals surface area (Å²) in [6.07, 6.45) is 0. The van der Waals surface area contributed by atoms with E-state index in [2.05, 4.69) is 26.6 Å². The molecule has 0 aliphatic rings. The third-order valence-electron chi connectivity index (χ3n) is 2.72. The number of para-hydroxylation sites is 1. The molecule has 2 N–H and O–H groups in total. The Kier molecular flexibility index (Phi) is 5.04. The lowest BCUT2D eigenvalue weighted by atomic mass is 10.1. The molecule has 0 saturated carbocycles. The van der Waals surface area contributed by atoms with Crippen molar-refractivity contribution < 1.29 is 4.79 Å². The Labute approximate surface area is 131 Å². The molecule has 0 saturated heterocycles. The monoisotopic (exact) mass is 352 g/mol. The Bertz CT molecular complexity index is 631. The zero-order valence-electron chi connectivity index (χ0n) is 10.9. The average Bonchev–Trinajstić information content (AvgIpc) is 2.43. The molecule has 1 amide bonds. The Morgan fingerprint density at radius 1 is 1.20 bits per heavy atom. The first-order valence-electron chi connectivity index (χ1n) is 6.21. The number of carbonyl (C=O) groups is 1. The highest BCUT2D eigenvalue weighted by Gasteiger charge is 2.12. The SMILES string of the molecule is CCNc1ccccc1C(=O)Nc1ccc(Cl)cc1Br. The summed E-state index contributed by atoms with van der Waals surface area (Å²) < 4.78 is 0.749. The van der Waals surface area contributed by atoms with Crippen molar-refractivity contribution in [3.05, 3.63) is 57.5 Å². The molecular weight excluding hydrogens is 340 g/mol. The lowest BCUT2D eigenvalue weighted by molar-refractivity contribution is 0.102. The molecule has 3 nitrogen and oxygen atoms in total. The van der Waals surface area contributed by atoms with Gasteiger partial charge in [-0.25, -0.2) is 0 Å². The van der Waals surface area contributed by atoms with Crippen LogP contribution in [-0.2, 0) is 0 Å². The van der Waals surface area contributed by atoms with Crippen LogP contribution in [0.15, 0.2) is 46.9 Å². The summed E-state index contributed by atoms with van der Waals surface area (Å²) in [7, 11) is 0. The van der Waals surface area contributed by atoms with E-state index in [9.17, 15) is 4.79 Å². The van der Waals surface area contributed by atoms with Gasteiger partial charge >= 0.3 is 0 Å². The van der Waals surface area contributed by atoms with Crippen molar-refractivity contribution in [2.24, 2.45) is 0 Å². The third-order valence-corrected chi connectivity index (χ3v) is 3.61. The fourth-order valence-corrected chi connectivity index (χ4v) is 2.59. The third kappa shape index (κ3) is 3.52. The number of carbonyl (C=O) groups excluding carboxylic acids is 1. The number of nitrogens with one attached hydrogen (secondary N) is 2. The second-order valence-corrected chi connectivity index (χ2v) is 5.44. The molecule has 5 heteroatoms. The van der Waals surface area contributed by atoms with Crippen LogP contribution < -0.4 is 10.6 Å². The second kappa shape index (κ2) is 6.77. The van der Waals surface area contributed by atoms with Crippen LogP contribution in [0.4, 0.5) is 11.4 Å². The number of hydrogen-bond acceptors (Lipinski definition) is 2. The van der Waals surface area contributed by atoms with Gasteiger partial charge in [-0.15, -0.1) is 0 Å². The summed E-state index contributed by atoms with van der Waals surface area (Å²) in [6, 6.07) is 12.7. The normalized spacial score (nSPS) is 10.2. The maximum Gasteiger partial charge on any atom is 0.257 e. The molecule has 104 valence electrons. The van der Waals surface area contributed by atoms with Crippen molar-refractivity contribution in [2.75, 3.05) is 17.2 Å². The van der Waals surface area contributed by atoms with Crippen LogP contribution in [0.1, 0.15) is 17.3 Å². The van der Waals surface area contributed by atoms with Gasteiger partial charge in [-0.2, -0.15) is 0 Å². The van der Waals surface area contributed by atoms with E-state index in [1.54, 1.807) is 24.3 Å². The molecule has 0 aliphatic heterocycles. The number of benzene rings is 2. The van der Waals surface area contributed by atoms with Crippen molar-refractivity contribution >= 4 is 44.8 Å². The highest BCUT2D eigenvalue weighted by atomic mass is 79.9. The minimum atomic E-state index is -0.162. The summed E-state index contributed by atoms with van der Waals surface area (Å²) in [6.45, 7) is 2.75. The van der Waals surface area contributed by atoms with Gasteiger partial charge in [0, 0.05) is 21.7 Å². The number of rotatable bonds is 4. The Hall–Kier alpha value is -1.52. The van der Waals surface area contributed by atoms with Crippen molar-refractivity contribution in [1.29, 1.82) is 0 Å². The Morgan fingerprint density at radius 3 is 2.65 bits per heavy atom. The number of halogens is 2. The van der Waals surface area contributed by atoms with Crippen LogP contribution in [0.2, 0.25) is 5.02 Å². The molecule has 0 bridgehead atoms. The average molecular weight is 354 g/mol. The van der Waals surface area contributed by atoms with Gasteiger partial charge in [-0.1, -0.05) is 23.7 Å². The first kappa shape index (κ1) is 14.9. The second-order valence-electron chi connectivity index (χ2n) is 4.15. The largest absolute Gasteiger partial charge is 0.385 e. The molecule has 0 unspecified atom stereocenters. The van der Waals surface area contributed by atoms with Crippen LogP contribution in [0, 0.1) is 0 Å². The Balaban J connectivity index is 2.24. The first-order chi connectivity index (χ1) is 9.61. The number of anilines is 2. The van der Waals surface area contributed by atoms with Gasteiger partial charge in [0.05, 0.1) is 11.3 Å². The molecule has 2 aromatic rings. The van der Waals surface area contributed by atoms with Crippen molar-refractivity contribution in [1.82, 2.24) is 0 Å². The lowest BCUT2D eigenvalue weighted by Gasteiger charge is -2.12. The van der Waals surface area contributed by atoms with E-state index < -0.39 is 0 Å². The van der Waals surface area contributed by atoms with Crippen molar-refractivity contribution in [2.45, 2.75) is 6.92 Å². The fraction of sp³-hybridized carbons (Fsp3) is 0.133.